The van der Waals surface area contributed by atoms with E-state index >= 15 is 0 Å². The van der Waals surface area contributed by atoms with Crippen LogP contribution in [0.25, 0.3) is 0 Å². The van der Waals surface area contributed by atoms with Gasteiger partial charge in [0.15, 0.2) is 0 Å². The van der Waals surface area contributed by atoms with Crippen LogP contribution in [0.3, 0.4) is 0 Å². The van der Waals surface area contributed by atoms with Crippen molar-refractivity contribution in [3.63, 3.8) is 0 Å². The van der Waals surface area contributed by atoms with Crippen molar-refractivity contribution in [1.82, 2.24) is 10.3 Å². The van der Waals surface area contributed by atoms with E-state index in [0.29, 0.717) is 5.92 Å². The van der Waals surface area contributed by atoms with Gasteiger partial charge in [0, 0.05) is 29.6 Å². The Morgan fingerprint density at radius 3 is 2.28 bits per heavy atom. The maximum Gasteiger partial charge on any atom is 0.0934 e. The highest BCUT2D eigenvalue weighted by Crippen LogP contribution is 2.32. The minimum Gasteiger partial charge on any atom is -0.312 e. The molecule has 2 nitrogen and oxygen atoms in total. The van der Waals surface area contributed by atoms with Crippen LogP contribution < -0.4 is 5.32 Å². The zero-order valence-corrected chi connectivity index (χ0v) is 13.7. The van der Waals surface area contributed by atoms with E-state index in [-0.39, 0.29) is 11.0 Å². The Bertz CT molecular complexity index is 376. The first-order valence-electron chi connectivity index (χ1n) is 6.78. The van der Waals surface area contributed by atoms with Gasteiger partial charge in [-0.25, -0.2) is 4.98 Å². The molecule has 0 aliphatic heterocycles. The summed E-state index contributed by atoms with van der Waals surface area (Å²) in [5.41, 5.74) is 1.58. The average molecular weight is 268 g/mol. The number of hydrogen-bond acceptors (Lipinski definition) is 3. The second-order valence-electron chi connectivity index (χ2n) is 6.97. The lowest BCUT2D eigenvalue weighted by Gasteiger charge is -2.36. The van der Waals surface area contributed by atoms with Crippen molar-refractivity contribution < 1.29 is 0 Å². The predicted molar refractivity (Wildman–Crippen MR) is 81.3 cm³/mol. The number of nitrogens with zero attached hydrogens (tertiary/aromatic N) is 1. The molecule has 1 rings (SSSR count). The molecule has 0 radical (unpaired) electrons. The number of thiazole rings is 1. The van der Waals surface area contributed by atoms with Crippen LogP contribution in [0.15, 0.2) is 5.38 Å². The molecule has 1 unspecified atom stereocenters. The Hall–Kier alpha value is -0.410. The first kappa shape index (κ1) is 15.6. The van der Waals surface area contributed by atoms with Crippen molar-refractivity contribution in [2.24, 2.45) is 11.3 Å². The van der Waals surface area contributed by atoms with E-state index < -0.39 is 0 Å². The zero-order valence-electron chi connectivity index (χ0n) is 12.9. The van der Waals surface area contributed by atoms with Gasteiger partial charge in [-0.15, -0.1) is 11.3 Å². The van der Waals surface area contributed by atoms with E-state index in [0.717, 1.165) is 18.7 Å². The van der Waals surface area contributed by atoms with Gasteiger partial charge in [0.1, 0.15) is 0 Å². The Morgan fingerprint density at radius 1 is 1.28 bits per heavy atom. The Balaban J connectivity index is 2.74. The molecule has 18 heavy (non-hydrogen) atoms. The normalized spacial score (nSPS) is 16.0. The fraction of sp³-hybridized carbons (Fsp3) is 0.800. The molecule has 0 fully saturated rings. The number of hydrogen-bond donors (Lipinski definition) is 1. The van der Waals surface area contributed by atoms with Crippen molar-refractivity contribution in [3.8, 4) is 0 Å². The number of rotatable bonds is 5. The van der Waals surface area contributed by atoms with Gasteiger partial charge in [-0.1, -0.05) is 20.8 Å². The number of aryl methyl sites for hydroxylation is 1. The van der Waals surface area contributed by atoms with E-state index in [1.165, 1.54) is 5.01 Å². The molecule has 0 amide bonds. The summed E-state index contributed by atoms with van der Waals surface area (Å²) in [6, 6.07) is 0. The number of nitrogens with one attached hydrogen (secondary N) is 1. The van der Waals surface area contributed by atoms with Gasteiger partial charge in [0.05, 0.1) is 5.01 Å². The van der Waals surface area contributed by atoms with Crippen LogP contribution in [0, 0.1) is 18.3 Å². The largest absolute Gasteiger partial charge is 0.312 e. The predicted octanol–water partition coefficient (Wildman–Crippen LogP) is 4.04. The molecule has 0 bridgehead atoms. The van der Waals surface area contributed by atoms with Crippen molar-refractivity contribution in [1.29, 1.82) is 0 Å². The molecule has 104 valence electrons. The van der Waals surface area contributed by atoms with Gasteiger partial charge in [0.25, 0.3) is 0 Å². The van der Waals surface area contributed by atoms with E-state index in [1.54, 1.807) is 11.3 Å². The quantitative estimate of drug-likeness (QED) is 0.871. The number of aromatic nitrogens is 1. The molecule has 3 heteroatoms. The summed E-state index contributed by atoms with van der Waals surface area (Å²) in [7, 11) is 0. The lowest BCUT2D eigenvalue weighted by atomic mass is 9.76. The summed E-state index contributed by atoms with van der Waals surface area (Å²) < 4.78 is 0. The minimum absolute atomic E-state index is 0.176. The zero-order chi connectivity index (χ0) is 14.0. The van der Waals surface area contributed by atoms with Gasteiger partial charge in [-0.05, 0) is 39.0 Å². The molecule has 1 aromatic rings. The molecule has 0 saturated carbocycles. The van der Waals surface area contributed by atoms with Crippen LogP contribution in [-0.4, -0.2) is 17.1 Å². The SMILES string of the molecule is Cc1csc(CC(C)(CNC(C)(C)C)C(C)C)n1. The molecule has 0 spiro atoms. The summed E-state index contributed by atoms with van der Waals surface area (Å²) in [6.07, 6.45) is 1.06. The summed E-state index contributed by atoms with van der Waals surface area (Å²) in [5.74, 6) is 0.636. The molecule has 0 aliphatic rings. The fourth-order valence-electron chi connectivity index (χ4n) is 1.77. The van der Waals surface area contributed by atoms with Crippen LogP contribution in [-0.2, 0) is 6.42 Å². The lowest BCUT2D eigenvalue weighted by Crippen LogP contribution is -2.45. The third-order valence-electron chi connectivity index (χ3n) is 3.64. The van der Waals surface area contributed by atoms with Crippen molar-refractivity contribution in [2.45, 2.75) is 60.4 Å². The van der Waals surface area contributed by atoms with Gasteiger partial charge < -0.3 is 5.32 Å². The third-order valence-corrected chi connectivity index (χ3v) is 4.60. The van der Waals surface area contributed by atoms with Crippen LogP contribution in [0.2, 0.25) is 0 Å². The van der Waals surface area contributed by atoms with E-state index in [9.17, 15) is 0 Å². The van der Waals surface area contributed by atoms with Crippen LogP contribution in [0.1, 0.15) is 52.2 Å². The molecule has 1 N–H and O–H groups in total. The molecule has 1 atom stereocenters. The van der Waals surface area contributed by atoms with E-state index in [1.807, 2.05) is 0 Å². The molecule has 0 aromatic carbocycles. The molecule has 1 heterocycles. The monoisotopic (exact) mass is 268 g/mol. The van der Waals surface area contributed by atoms with Gasteiger partial charge in [-0.2, -0.15) is 0 Å². The summed E-state index contributed by atoms with van der Waals surface area (Å²) in [5, 5.41) is 7.06. The van der Waals surface area contributed by atoms with Crippen molar-refractivity contribution in [3.05, 3.63) is 16.1 Å². The summed E-state index contributed by atoms with van der Waals surface area (Å²) in [6.45, 7) is 16.8. The van der Waals surface area contributed by atoms with Crippen molar-refractivity contribution in [2.75, 3.05) is 6.54 Å². The third kappa shape index (κ3) is 4.69. The van der Waals surface area contributed by atoms with Crippen LogP contribution in [0.4, 0.5) is 0 Å². The van der Waals surface area contributed by atoms with Crippen molar-refractivity contribution >= 4 is 11.3 Å². The highest BCUT2D eigenvalue weighted by molar-refractivity contribution is 7.09. The van der Waals surface area contributed by atoms with Gasteiger partial charge in [-0.3, -0.25) is 0 Å². The second kappa shape index (κ2) is 5.70. The smallest absolute Gasteiger partial charge is 0.0934 e. The summed E-state index contributed by atoms with van der Waals surface area (Å²) in [4.78, 5) is 4.61. The highest BCUT2D eigenvalue weighted by atomic mass is 32.1. The standard InChI is InChI=1S/C15H28N2S/c1-11(2)15(7,10-16-14(4,5)6)8-13-17-12(3)9-18-13/h9,11,16H,8,10H2,1-7H3. The maximum atomic E-state index is 4.61. The lowest BCUT2D eigenvalue weighted by molar-refractivity contribution is 0.187. The van der Waals surface area contributed by atoms with Gasteiger partial charge in [0.2, 0.25) is 0 Å². The average Bonchev–Trinajstić information content (AvgIpc) is 2.60. The van der Waals surface area contributed by atoms with Crippen LogP contribution >= 0.6 is 11.3 Å². The minimum atomic E-state index is 0.176. The molecule has 1 aromatic heterocycles. The van der Waals surface area contributed by atoms with Crippen LogP contribution in [0.5, 0.6) is 0 Å². The fourth-order valence-corrected chi connectivity index (χ4v) is 2.74. The molecular formula is C15H28N2S. The Labute approximate surface area is 116 Å². The second-order valence-corrected chi connectivity index (χ2v) is 7.91. The first-order chi connectivity index (χ1) is 8.12. The molecular weight excluding hydrogens is 240 g/mol. The maximum absolute atomic E-state index is 4.61. The highest BCUT2D eigenvalue weighted by Gasteiger charge is 2.30. The molecule has 0 saturated heterocycles. The first-order valence-corrected chi connectivity index (χ1v) is 7.66. The Kier molecular flexibility index (Phi) is 4.96. The van der Waals surface area contributed by atoms with Gasteiger partial charge >= 0.3 is 0 Å². The Morgan fingerprint density at radius 2 is 1.89 bits per heavy atom. The molecule has 0 aliphatic carbocycles. The van der Waals surface area contributed by atoms with E-state index in [2.05, 4.69) is 64.1 Å². The summed E-state index contributed by atoms with van der Waals surface area (Å²) >= 11 is 1.79. The van der Waals surface area contributed by atoms with E-state index in [4.69, 9.17) is 0 Å². The topological polar surface area (TPSA) is 24.9 Å².